The highest BCUT2D eigenvalue weighted by Crippen LogP contribution is 2.29. The van der Waals surface area contributed by atoms with Gasteiger partial charge in [0.2, 0.25) is 0 Å². The number of carbonyl (C=O) groups is 1. The van der Waals surface area contributed by atoms with Crippen molar-refractivity contribution in [1.82, 2.24) is 0 Å². The molecule has 0 amide bonds. The molecule has 1 fully saturated rings. The van der Waals surface area contributed by atoms with Crippen LogP contribution in [0.5, 0.6) is 5.75 Å². The lowest BCUT2D eigenvalue weighted by Crippen LogP contribution is -2.19. The van der Waals surface area contributed by atoms with Crippen LogP contribution < -0.4 is 4.74 Å². The molecule has 86 valence electrons. The molecule has 0 spiro atoms. The lowest BCUT2D eigenvalue weighted by molar-refractivity contribution is 0.112. The van der Waals surface area contributed by atoms with Crippen LogP contribution >= 0.6 is 11.6 Å². The Bertz CT molecular complexity index is 370. The van der Waals surface area contributed by atoms with E-state index in [0.29, 0.717) is 16.3 Å². The van der Waals surface area contributed by atoms with E-state index in [1.165, 1.54) is 19.3 Å². The molecule has 16 heavy (non-hydrogen) atoms. The van der Waals surface area contributed by atoms with Crippen molar-refractivity contribution in [2.24, 2.45) is 0 Å². The molecule has 2 nitrogen and oxygen atoms in total. The molecule has 1 aliphatic carbocycles. The molecule has 2 rings (SSSR count). The van der Waals surface area contributed by atoms with Crippen LogP contribution in [0, 0.1) is 0 Å². The van der Waals surface area contributed by atoms with Crippen molar-refractivity contribution in [3.63, 3.8) is 0 Å². The third-order valence-electron chi connectivity index (χ3n) is 2.94. The van der Waals surface area contributed by atoms with Gasteiger partial charge in [0.05, 0.1) is 11.1 Å². The van der Waals surface area contributed by atoms with E-state index in [9.17, 15) is 4.79 Å². The zero-order chi connectivity index (χ0) is 11.4. The van der Waals surface area contributed by atoms with Crippen LogP contribution in [-0.4, -0.2) is 12.4 Å². The molecule has 0 unspecified atom stereocenters. The topological polar surface area (TPSA) is 26.3 Å². The molecule has 1 aromatic rings. The quantitative estimate of drug-likeness (QED) is 0.748. The summed E-state index contributed by atoms with van der Waals surface area (Å²) in [6, 6.07) is 5.16. The highest BCUT2D eigenvalue weighted by Gasteiger charge is 2.16. The molecule has 0 aromatic heterocycles. The van der Waals surface area contributed by atoms with Crippen LogP contribution in [0.1, 0.15) is 42.5 Å². The van der Waals surface area contributed by atoms with E-state index >= 15 is 0 Å². The first-order valence-corrected chi connectivity index (χ1v) is 6.09. The summed E-state index contributed by atoms with van der Waals surface area (Å²) >= 11 is 6.04. The molecule has 0 N–H and O–H groups in total. The average Bonchev–Trinajstić information content (AvgIpc) is 2.33. The second kappa shape index (κ2) is 5.35. The Kier molecular flexibility index (Phi) is 3.83. The largest absolute Gasteiger partial charge is 0.489 e. The monoisotopic (exact) mass is 238 g/mol. The van der Waals surface area contributed by atoms with E-state index in [2.05, 4.69) is 0 Å². The minimum atomic E-state index is 0.285. The van der Waals surface area contributed by atoms with Gasteiger partial charge in [0.25, 0.3) is 0 Å². The normalized spacial score (nSPS) is 17.1. The Balaban J connectivity index is 2.05. The number of halogens is 1. The molecular weight excluding hydrogens is 224 g/mol. The first-order chi connectivity index (χ1) is 7.79. The summed E-state index contributed by atoms with van der Waals surface area (Å²) in [5, 5.41) is 0.523. The van der Waals surface area contributed by atoms with E-state index in [1.807, 2.05) is 0 Å². The Morgan fingerprint density at radius 2 is 2.00 bits per heavy atom. The Morgan fingerprint density at radius 3 is 2.62 bits per heavy atom. The highest BCUT2D eigenvalue weighted by atomic mass is 35.5. The lowest BCUT2D eigenvalue weighted by atomic mass is 9.98. The fourth-order valence-electron chi connectivity index (χ4n) is 2.05. The summed E-state index contributed by atoms with van der Waals surface area (Å²) in [7, 11) is 0. The van der Waals surface area contributed by atoms with Gasteiger partial charge in [-0.15, -0.1) is 0 Å². The van der Waals surface area contributed by atoms with E-state index in [1.54, 1.807) is 18.2 Å². The summed E-state index contributed by atoms with van der Waals surface area (Å²) in [5.41, 5.74) is 0.584. The van der Waals surface area contributed by atoms with Crippen LogP contribution in [0.25, 0.3) is 0 Å². The van der Waals surface area contributed by atoms with Crippen molar-refractivity contribution in [1.29, 1.82) is 0 Å². The molecule has 1 aromatic carbocycles. The van der Waals surface area contributed by atoms with E-state index in [4.69, 9.17) is 16.3 Å². The maximum Gasteiger partial charge on any atom is 0.150 e. The lowest BCUT2D eigenvalue weighted by Gasteiger charge is -2.23. The fourth-order valence-corrected chi connectivity index (χ4v) is 2.28. The summed E-state index contributed by atoms with van der Waals surface area (Å²) in [4.78, 5) is 10.6. The maximum absolute atomic E-state index is 10.6. The number of ether oxygens (including phenoxy) is 1. The molecule has 0 bridgehead atoms. The second-order valence-electron chi connectivity index (χ2n) is 4.19. The number of carbonyl (C=O) groups excluding carboxylic acids is 1. The van der Waals surface area contributed by atoms with Gasteiger partial charge < -0.3 is 4.74 Å². The molecule has 3 heteroatoms. The fraction of sp³-hybridized carbons (Fsp3) is 0.462. The van der Waals surface area contributed by atoms with E-state index < -0.39 is 0 Å². The predicted octanol–water partition coefficient (Wildman–Crippen LogP) is 3.86. The minimum absolute atomic E-state index is 0.285. The van der Waals surface area contributed by atoms with Crippen molar-refractivity contribution in [2.45, 2.75) is 38.2 Å². The summed E-state index contributed by atoms with van der Waals surface area (Å²) < 4.78 is 5.84. The molecule has 0 radical (unpaired) electrons. The standard InChI is InChI=1S/C13H15ClO2/c14-12-8-10(9-15)6-7-13(12)16-11-4-2-1-3-5-11/h6-9,11H,1-5H2. The van der Waals surface area contributed by atoms with Crippen molar-refractivity contribution in [2.75, 3.05) is 0 Å². The van der Waals surface area contributed by atoms with Gasteiger partial charge in [-0.2, -0.15) is 0 Å². The summed E-state index contributed by atoms with van der Waals surface area (Å²) in [6.07, 6.45) is 7.04. The molecule has 0 atom stereocenters. The Labute approximate surface area is 101 Å². The van der Waals surface area contributed by atoms with Crippen molar-refractivity contribution < 1.29 is 9.53 Å². The third kappa shape index (κ3) is 2.76. The third-order valence-corrected chi connectivity index (χ3v) is 3.23. The van der Waals surface area contributed by atoms with Gasteiger partial charge in [0.1, 0.15) is 12.0 Å². The van der Waals surface area contributed by atoms with E-state index in [-0.39, 0.29) is 6.10 Å². The van der Waals surface area contributed by atoms with Crippen molar-refractivity contribution >= 4 is 17.9 Å². The molecule has 1 saturated carbocycles. The smallest absolute Gasteiger partial charge is 0.150 e. The van der Waals surface area contributed by atoms with Crippen LogP contribution in [0.15, 0.2) is 18.2 Å². The number of benzene rings is 1. The van der Waals surface area contributed by atoms with Crippen LogP contribution in [0.3, 0.4) is 0 Å². The van der Waals surface area contributed by atoms with Gasteiger partial charge in [-0.3, -0.25) is 4.79 Å². The van der Waals surface area contributed by atoms with Crippen LogP contribution in [-0.2, 0) is 0 Å². The SMILES string of the molecule is O=Cc1ccc(OC2CCCCC2)c(Cl)c1. The number of hydrogen-bond acceptors (Lipinski definition) is 2. The molecular formula is C13H15ClO2. The zero-order valence-corrected chi connectivity index (χ0v) is 9.87. The highest BCUT2D eigenvalue weighted by molar-refractivity contribution is 6.32. The zero-order valence-electron chi connectivity index (χ0n) is 9.12. The van der Waals surface area contributed by atoms with Gasteiger partial charge in [0, 0.05) is 5.56 Å². The van der Waals surface area contributed by atoms with Gasteiger partial charge in [-0.25, -0.2) is 0 Å². The number of hydrogen-bond donors (Lipinski definition) is 0. The molecule has 0 saturated heterocycles. The molecule has 1 aliphatic rings. The predicted molar refractivity (Wildman–Crippen MR) is 64.3 cm³/mol. The maximum atomic E-state index is 10.6. The second-order valence-corrected chi connectivity index (χ2v) is 4.59. The number of aldehydes is 1. The molecule has 0 heterocycles. The Morgan fingerprint density at radius 1 is 1.25 bits per heavy atom. The summed E-state index contributed by atoms with van der Waals surface area (Å²) in [6.45, 7) is 0. The number of rotatable bonds is 3. The van der Waals surface area contributed by atoms with Gasteiger partial charge in [-0.05, 0) is 43.9 Å². The average molecular weight is 239 g/mol. The first-order valence-electron chi connectivity index (χ1n) is 5.71. The molecule has 0 aliphatic heterocycles. The first kappa shape index (κ1) is 11.5. The van der Waals surface area contributed by atoms with Gasteiger partial charge in [-0.1, -0.05) is 18.0 Å². The van der Waals surface area contributed by atoms with E-state index in [0.717, 1.165) is 19.1 Å². The minimum Gasteiger partial charge on any atom is -0.489 e. The van der Waals surface area contributed by atoms with Crippen LogP contribution in [0.2, 0.25) is 5.02 Å². The van der Waals surface area contributed by atoms with Crippen molar-refractivity contribution in [3.8, 4) is 5.75 Å². The Hall–Kier alpha value is -1.02. The van der Waals surface area contributed by atoms with Gasteiger partial charge >= 0.3 is 0 Å². The van der Waals surface area contributed by atoms with Gasteiger partial charge in [0.15, 0.2) is 0 Å². The summed E-state index contributed by atoms with van der Waals surface area (Å²) in [5.74, 6) is 0.694. The van der Waals surface area contributed by atoms with Crippen molar-refractivity contribution in [3.05, 3.63) is 28.8 Å². The van der Waals surface area contributed by atoms with Crippen LogP contribution in [0.4, 0.5) is 0 Å².